The van der Waals surface area contributed by atoms with E-state index >= 15 is 0 Å². The molecule has 0 aromatic heterocycles. The molecule has 0 radical (unpaired) electrons. The van der Waals surface area contributed by atoms with Gasteiger partial charge in [0.05, 0.1) is 0 Å². The van der Waals surface area contributed by atoms with Crippen LogP contribution in [-0.4, -0.2) is 52.2 Å². The van der Waals surface area contributed by atoms with Gasteiger partial charge in [0, 0.05) is 6.54 Å². The maximum absolute atomic E-state index is 12.3. The molecule has 2 atom stereocenters. The predicted molar refractivity (Wildman–Crippen MR) is 80.4 cm³/mol. The number of carbonyl (C=O) groups is 3. The largest absolute Gasteiger partial charge is 0.480 e. The summed E-state index contributed by atoms with van der Waals surface area (Å²) >= 11 is 0. The quantitative estimate of drug-likeness (QED) is 0.822. The summed E-state index contributed by atoms with van der Waals surface area (Å²) in [5.41, 5.74) is -0.637. The van der Waals surface area contributed by atoms with Gasteiger partial charge in [-0.25, -0.2) is 9.59 Å². The Morgan fingerprint density at radius 2 is 1.86 bits per heavy atom. The van der Waals surface area contributed by atoms with E-state index in [1.807, 2.05) is 0 Å². The molecule has 126 valence electrons. The van der Waals surface area contributed by atoms with Crippen molar-refractivity contribution in [2.24, 2.45) is 5.92 Å². The van der Waals surface area contributed by atoms with E-state index in [1.54, 1.807) is 34.6 Å². The van der Waals surface area contributed by atoms with Crippen LogP contribution < -0.4 is 5.32 Å². The molecule has 1 aliphatic rings. The molecule has 0 saturated carbocycles. The average Bonchev–Trinajstić information content (AvgIpc) is 2.81. The van der Waals surface area contributed by atoms with E-state index in [2.05, 4.69) is 5.32 Å². The first-order valence-electron chi connectivity index (χ1n) is 7.55. The van der Waals surface area contributed by atoms with E-state index < -0.39 is 35.7 Å². The molecule has 1 saturated heterocycles. The highest BCUT2D eigenvalue weighted by Crippen LogP contribution is 2.21. The Kier molecular flexibility index (Phi) is 5.79. The van der Waals surface area contributed by atoms with E-state index in [1.165, 1.54) is 4.90 Å². The van der Waals surface area contributed by atoms with Gasteiger partial charge in [-0.1, -0.05) is 13.8 Å². The number of carboxylic acid groups (broad SMARTS) is 1. The zero-order valence-corrected chi connectivity index (χ0v) is 13.9. The van der Waals surface area contributed by atoms with Gasteiger partial charge in [0.1, 0.15) is 17.7 Å². The molecule has 1 heterocycles. The normalized spacial score (nSPS) is 19.9. The van der Waals surface area contributed by atoms with Crippen LogP contribution in [-0.2, 0) is 14.3 Å². The van der Waals surface area contributed by atoms with E-state index in [0.717, 1.165) is 0 Å². The molecule has 22 heavy (non-hydrogen) atoms. The summed E-state index contributed by atoms with van der Waals surface area (Å²) in [4.78, 5) is 37.0. The minimum absolute atomic E-state index is 0.238. The molecule has 7 nitrogen and oxygen atoms in total. The van der Waals surface area contributed by atoms with Crippen molar-refractivity contribution in [1.29, 1.82) is 0 Å². The Bertz CT molecular complexity index is 442. The van der Waals surface area contributed by atoms with Crippen molar-refractivity contribution in [2.75, 3.05) is 6.54 Å². The first kappa shape index (κ1) is 18.3. The Balaban J connectivity index is 2.75. The number of amides is 2. The van der Waals surface area contributed by atoms with Crippen LogP contribution in [0.5, 0.6) is 0 Å². The first-order chi connectivity index (χ1) is 10.0. The fourth-order valence-electron chi connectivity index (χ4n) is 2.34. The molecule has 1 fully saturated rings. The number of carboxylic acids is 1. The van der Waals surface area contributed by atoms with Gasteiger partial charge in [0.2, 0.25) is 5.91 Å². The fourth-order valence-corrected chi connectivity index (χ4v) is 2.34. The highest BCUT2D eigenvalue weighted by Gasteiger charge is 2.38. The lowest BCUT2D eigenvalue weighted by Gasteiger charge is -2.29. The number of hydrogen-bond donors (Lipinski definition) is 2. The molecular weight excluding hydrogens is 288 g/mol. The van der Waals surface area contributed by atoms with Gasteiger partial charge in [-0.2, -0.15) is 0 Å². The first-order valence-corrected chi connectivity index (χ1v) is 7.55. The third-order valence-electron chi connectivity index (χ3n) is 3.41. The average molecular weight is 314 g/mol. The molecule has 2 amide bonds. The standard InChI is InChI=1S/C15H26N2O5/c1-9(2)11(13(19)20)16-12(18)10-7-6-8-17(10)14(21)22-15(3,4)5/h9-11H,6-8H2,1-5H3,(H,16,18)(H,19,20)/t10-,11-/m1/s1. The van der Waals surface area contributed by atoms with Crippen LogP contribution in [0.25, 0.3) is 0 Å². The monoisotopic (exact) mass is 314 g/mol. The molecular formula is C15H26N2O5. The lowest BCUT2D eigenvalue weighted by atomic mass is 10.0. The fraction of sp³-hybridized carbons (Fsp3) is 0.800. The number of carbonyl (C=O) groups excluding carboxylic acids is 2. The third kappa shape index (κ3) is 4.89. The minimum Gasteiger partial charge on any atom is -0.480 e. The Labute approximate surface area is 131 Å². The van der Waals surface area contributed by atoms with Crippen LogP contribution in [0, 0.1) is 5.92 Å². The molecule has 0 aliphatic carbocycles. The Morgan fingerprint density at radius 1 is 1.27 bits per heavy atom. The van der Waals surface area contributed by atoms with Gasteiger partial charge in [-0.05, 0) is 39.5 Å². The highest BCUT2D eigenvalue weighted by atomic mass is 16.6. The number of nitrogens with zero attached hydrogens (tertiary/aromatic N) is 1. The number of hydrogen-bond acceptors (Lipinski definition) is 4. The summed E-state index contributed by atoms with van der Waals surface area (Å²) in [5.74, 6) is -1.76. The van der Waals surface area contributed by atoms with Gasteiger partial charge < -0.3 is 15.2 Å². The van der Waals surface area contributed by atoms with Gasteiger partial charge in [-0.15, -0.1) is 0 Å². The maximum atomic E-state index is 12.3. The molecule has 1 aliphatic heterocycles. The number of likely N-dealkylation sites (tertiary alicyclic amines) is 1. The van der Waals surface area contributed by atoms with Crippen molar-refractivity contribution in [3.8, 4) is 0 Å². The van der Waals surface area contributed by atoms with Crippen molar-refractivity contribution in [2.45, 2.75) is 65.1 Å². The van der Waals surface area contributed by atoms with Gasteiger partial charge in [0.25, 0.3) is 0 Å². The van der Waals surface area contributed by atoms with Crippen LogP contribution in [0.4, 0.5) is 4.79 Å². The predicted octanol–water partition coefficient (Wildman–Crippen LogP) is 1.61. The van der Waals surface area contributed by atoms with E-state index in [0.29, 0.717) is 19.4 Å². The van der Waals surface area contributed by atoms with Crippen LogP contribution in [0.2, 0.25) is 0 Å². The summed E-state index contributed by atoms with van der Waals surface area (Å²) in [6, 6.07) is -1.64. The lowest BCUT2D eigenvalue weighted by Crippen LogP contribution is -2.53. The van der Waals surface area contributed by atoms with Crippen molar-refractivity contribution >= 4 is 18.0 Å². The van der Waals surface area contributed by atoms with Crippen LogP contribution >= 0.6 is 0 Å². The van der Waals surface area contributed by atoms with E-state index in [9.17, 15) is 14.4 Å². The second kappa shape index (κ2) is 6.98. The van der Waals surface area contributed by atoms with Gasteiger partial charge in [-0.3, -0.25) is 9.69 Å². The smallest absolute Gasteiger partial charge is 0.410 e. The molecule has 0 aromatic carbocycles. The number of rotatable bonds is 4. The summed E-state index contributed by atoms with van der Waals surface area (Å²) in [6.45, 7) is 9.16. The summed E-state index contributed by atoms with van der Waals surface area (Å²) in [5, 5.41) is 11.7. The molecule has 1 rings (SSSR count). The minimum atomic E-state index is -1.08. The molecule has 0 bridgehead atoms. The van der Waals surface area contributed by atoms with Crippen molar-refractivity contribution < 1.29 is 24.2 Å². The topological polar surface area (TPSA) is 95.9 Å². The summed E-state index contributed by atoms with van der Waals surface area (Å²) in [7, 11) is 0. The second-order valence-electron chi connectivity index (χ2n) is 6.90. The van der Waals surface area contributed by atoms with Crippen molar-refractivity contribution in [3.63, 3.8) is 0 Å². The molecule has 0 aromatic rings. The van der Waals surface area contributed by atoms with Gasteiger partial charge in [0.15, 0.2) is 0 Å². The van der Waals surface area contributed by atoms with Crippen LogP contribution in [0.3, 0.4) is 0 Å². The number of aliphatic carboxylic acids is 1. The highest BCUT2D eigenvalue weighted by molar-refractivity contribution is 5.89. The Hall–Kier alpha value is -1.79. The zero-order chi connectivity index (χ0) is 17.1. The summed E-state index contributed by atoms with van der Waals surface area (Å²) < 4.78 is 5.29. The second-order valence-corrected chi connectivity index (χ2v) is 6.90. The maximum Gasteiger partial charge on any atom is 0.410 e. The lowest BCUT2D eigenvalue weighted by molar-refractivity contribution is -0.143. The molecule has 0 unspecified atom stereocenters. The molecule has 7 heteroatoms. The van der Waals surface area contributed by atoms with Crippen molar-refractivity contribution in [3.05, 3.63) is 0 Å². The number of nitrogens with one attached hydrogen (secondary N) is 1. The zero-order valence-electron chi connectivity index (χ0n) is 13.9. The van der Waals surface area contributed by atoms with Crippen LogP contribution in [0.1, 0.15) is 47.5 Å². The van der Waals surface area contributed by atoms with E-state index in [4.69, 9.17) is 9.84 Å². The van der Waals surface area contributed by atoms with Crippen molar-refractivity contribution in [1.82, 2.24) is 10.2 Å². The molecule has 2 N–H and O–H groups in total. The van der Waals surface area contributed by atoms with Gasteiger partial charge >= 0.3 is 12.1 Å². The SMILES string of the molecule is CC(C)[C@@H](NC(=O)[C@H]1CCCN1C(=O)OC(C)(C)C)C(=O)O. The Morgan fingerprint density at radius 3 is 2.32 bits per heavy atom. The van der Waals surface area contributed by atoms with E-state index in [-0.39, 0.29) is 5.92 Å². The van der Waals surface area contributed by atoms with Crippen LogP contribution in [0.15, 0.2) is 0 Å². The third-order valence-corrected chi connectivity index (χ3v) is 3.41. The summed E-state index contributed by atoms with van der Waals surface area (Å²) in [6.07, 6.45) is 0.660. The molecule has 0 spiro atoms. The number of ether oxygens (including phenoxy) is 1.